The third-order valence-electron chi connectivity index (χ3n) is 2.41. The Hall–Kier alpha value is -0.410. The molecule has 0 saturated carbocycles. The van der Waals surface area contributed by atoms with Crippen LogP contribution in [0, 0.1) is 5.82 Å². The highest BCUT2D eigenvalue weighted by atomic mass is 79.9. The molecule has 1 rings (SSSR count). The summed E-state index contributed by atoms with van der Waals surface area (Å²) in [5, 5.41) is 0. The predicted molar refractivity (Wildman–Crippen MR) is 67.9 cm³/mol. The number of rotatable bonds is 7. The summed E-state index contributed by atoms with van der Waals surface area (Å²) in [5.41, 5.74) is 0.997. The van der Waals surface area contributed by atoms with Crippen LogP contribution in [-0.4, -0.2) is 6.61 Å². The summed E-state index contributed by atoms with van der Waals surface area (Å²) in [5.74, 6) is -0.224. The van der Waals surface area contributed by atoms with E-state index in [1.165, 1.54) is 31.4 Å². The standard InChI is InChI=1S/C13H18BrFO/c1-2-3-4-5-8-16-10-11-6-7-12(15)9-13(11)14/h6-7,9H,2-5,8,10H2,1H3. The summed E-state index contributed by atoms with van der Waals surface area (Å²) in [6.07, 6.45) is 4.83. The molecule has 0 bridgehead atoms. The van der Waals surface area contributed by atoms with Crippen molar-refractivity contribution in [1.29, 1.82) is 0 Å². The van der Waals surface area contributed by atoms with Crippen LogP contribution in [0.25, 0.3) is 0 Å². The van der Waals surface area contributed by atoms with Crippen LogP contribution in [0.15, 0.2) is 22.7 Å². The van der Waals surface area contributed by atoms with Crippen molar-refractivity contribution in [2.75, 3.05) is 6.61 Å². The molecule has 1 aromatic rings. The van der Waals surface area contributed by atoms with E-state index < -0.39 is 0 Å². The summed E-state index contributed by atoms with van der Waals surface area (Å²) in [7, 11) is 0. The lowest BCUT2D eigenvalue weighted by Crippen LogP contribution is -1.96. The van der Waals surface area contributed by atoms with Crippen LogP contribution in [0.3, 0.4) is 0 Å². The molecule has 16 heavy (non-hydrogen) atoms. The molecule has 0 N–H and O–H groups in total. The van der Waals surface area contributed by atoms with Crippen LogP contribution < -0.4 is 0 Å². The molecule has 0 fully saturated rings. The third kappa shape index (κ3) is 5.08. The lowest BCUT2D eigenvalue weighted by atomic mass is 10.2. The van der Waals surface area contributed by atoms with E-state index in [0.717, 1.165) is 23.1 Å². The van der Waals surface area contributed by atoms with Gasteiger partial charge in [-0.05, 0) is 24.1 Å². The lowest BCUT2D eigenvalue weighted by Gasteiger charge is -2.06. The first-order valence-electron chi connectivity index (χ1n) is 5.75. The Morgan fingerprint density at radius 3 is 2.75 bits per heavy atom. The number of ether oxygens (including phenoxy) is 1. The fourth-order valence-corrected chi connectivity index (χ4v) is 1.92. The van der Waals surface area contributed by atoms with E-state index in [4.69, 9.17) is 4.74 Å². The Bertz CT molecular complexity index is 315. The van der Waals surface area contributed by atoms with Gasteiger partial charge in [0.2, 0.25) is 0 Å². The Morgan fingerprint density at radius 2 is 2.06 bits per heavy atom. The number of benzene rings is 1. The SMILES string of the molecule is CCCCCCOCc1ccc(F)cc1Br. The highest BCUT2D eigenvalue weighted by molar-refractivity contribution is 9.10. The summed E-state index contributed by atoms with van der Waals surface area (Å²) in [6.45, 7) is 3.52. The molecule has 1 aromatic carbocycles. The van der Waals surface area contributed by atoms with Gasteiger partial charge in [-0.3, -0.25) is 0 Å². The van der Waals surface area contributed by atoms with Gasteiger partial charge in [-0.1, -0.05) is 48.2 Å². The zero-order chi connectivity index (χ0) is 11.8. The number of hydrogen-bond donors (Lipinski definition) is 0. The van der Waals surface area contributed by atoms with E-state index in [1.807, 2.05) is 0 Å². The zero-order valence-electron chi connectivity index (χ0n) is 9.64. The van der Waals surface area contributed by atoms with Crippen molar-refractivity contribution in [1.82, 2.24) is 0 Å². The van der Waals surface area contributed by atoms with Gasteiger partial charge in [-0.25, -0.2) is 4.39 Å². The predicted octanol–water partition coefficient (Wildman–Crippen LogP) is 4.69. The maximum Gasteiger partial charge on any atom is 0.124 e. The lowest BCUT2D eigenvalue weighted by molar-refractivity contribution is 0.116. The van der Waals surface area contributed by atoms with Crippen molar-refractivity contribution < 1.29 is 9.13 Å². The van der Waals surface area contributed by atoms with Crippen LogP contribution in [-0.2, 0) is 11.3 Å². The van der Waals surface area contributed by atoms with Crippen molar-refractivity contribution >= 4 is 15.9 Å². The highest BCUT2D eigenvalue weighted by Gasteiger charge is 2.01. The molecule has 0 atom stereocenters. The first kappa shape index (κ1) is 13.7. The Morgan fingerprint density at radius 1 is 1.25 bits per heavy atom. The second-order valence-corrected chi connectivity index (χ2v) is 4.70. The average molecular weight is 289 g/mol. The van der Waals surface area contributed by atoms with Crippen LogP contribution in [0.4, 0.5) is 4.39 Å². The maximum absolute atomic E-state index is 12.8. The molecule has 0 spiro atoms. The van der Waals surface area contributed by atoms with Crippen LogP contribution >= 0.6 is 15.9 Å². The van der Waals surface area contributed by atoms with Crippen molar-refractivity contribution in [3.8, 4) is 0 Å². The van der Waals surface area contributed by atoms with Crippen LogP contribution in [0.1, 0.15) is 38.2 Å². The van der Waals surface area contributed by atoms with E-state index >= 15 is 0 Å². The van der Waals surface area contributed by atoms with Crippen LogP contribution in [0.5, 0.6) is 0 Å². The van der Waals surface area contributed by atoms with Crippen molar-refractivity contribution in [2.24, 2.45) is 0 Å². The molecule has 0 unspecified atom stereocenters. The monoisotopic (exact) mass is 288 g/mol. The van der Waals surface area contributed by atoms with Gasteiger partial charge in [0.25, 0.3) is 0 Å². The normalized spacial score (nSPS) is 10.7. The fraction of sp³-hybridized carbons (Fsp3) is 0.538. The first-order valence-corrected chi connectivity index (χ1v) is 6.55. The number of hydrogen-bond acceptors (Lipinski definition) is 1. The largest absolute Gasteiger partial charge is 0.377 e. The quantitative estimate of drug-likeness (QED) is 0.662. The summed E-state index contributed by atoms with van der Waals surface area (Å²) in [4.78, 5) is 0. The fourth-order valence-electron chi connectivity index (χ4n) is 1.45. The molecule has 0 heterocycles. The van der Waals surface area contributed by atoms with Gasteiger partial charge in [0.15, 0.2) is 0 Å². The number of unbranched alkanes of at least 4 members (excludes halogenated alkanes) is 3. The average Bonchev–Trinajstić information content (AvgIpc) is 2.26. The first-order chi connectivity index (χ1) is 7.74. The van der Waals surface area contributed by atoms with Gasteiger partial charge in [-0.15, -0.1) is 0 Å². The highest BCUT2D eigenvalue weighted by Crippen LogP contribution is 2.18. The molecular weight excluding hydrogens is 271 g/mol. The van der Waals surface area contributed by atoms with E-state index in [2.05, 4.69) is 22.9 Å². The van der Waals surface area contributed by atoms with Crippen molar-refractivity contribution in [2.45, 2.75) is 39.2 Å². The molecule has 0 aliphatic heterocycles. The molecule has 0 saturated heterocycles. The Balaban J connectivity index is 2.21. The molecule has 3 heteroatoms. The van der Waals surface area contributed by atoms with Gasteiger partial charge in [-0.2, -0.15) is 0 Å². The Labute approximate surface area is 105 Å². The number of halogens is 2. The molecule has 0 amide bonds. The van der Waals surface area contributed by atoms with Gasteiger partial charge < -0.3 is 4.74 Å². The molecule has 1 nitrogen and oxygen atoms in total. The smallest absolute Gasteiger partial charge is 0.124 e. The second-order valence-electron chi connectivity index (χ2n) is 3.85. The van der Waals surface area contributed by atoms with Gasteiger partial charge in [0.05, 0.1) is 6.61 Å². The van der Waals surface area contributed by atoms with Gasteiger partial charge >= 0.3 is 0 Å². The third-order valence-corrected chi connectivity index (χ3v) is 3.15. The molecule has 0 aliphatic rings. The molecule has 90 valence electrons. The van der Waals surface area contributed by atoms with Crippen molar-refractivity contribution in [3.05, 3.63) is 34.1 Å². The summed E-state index contributed by atoms with van der Waals surface area (Å²) >= 11 is 3.32. The zero-order valence-corrected chi connectivity index (χ0v) is 11.2. The molecule has 0 radical (unpaired) electrons. The summed E-state index contributed by atoms with van der Waals surface area (Å²) in [6, 6.07) is 4.68. The van der Waals surface area contributed by atoms with Crippen molar-refractivity contribution in [3.63, 3.8) is 0 Å². The minimum absolute atomic E-state index is 0.224. The minimum Gasteiger partial charge on any atom is -0.377 e. The van der Waals surface area contributed by atoms with E-state index in [-0.39, 0.29) is 5.82 Å². The molecular formula is C13H18BrFO. The Kier molecular flexibility index (Phi) is 6.65. The molecule has 0 aromatic heterocycles. The minimum atomic E-state index is -0.224. The van der Waals surface area contributed by atoms with E-state index in [0.29, 0.717) is 6.61 Å². The van der Waals surface area contributed by atoms with Gasteiger partial charge in [0, 0.05) is 11.1 Å². The maximum atomic E-state index is 12.8. The van der Waals surface area contributed by atoms with E-state index in [1.54, 1.807) is 6.07 Å². The summed E-state index contributed by atoms with van der Waals surface area (Å²) < 4.78 is 19.1. The molecule has 0 aliphatic carbocycles. The second kappa shape index (κ2) is 7.80. The topological polar surface area (TPSA) is 9.23 Å². The van der Waals surface area contributed by atoms with Crippen LogP contribution in [0.2, 0.25) is 0 Å². The van der Waals surface area contributed by atoms with Gasteiger partial charge in [0.1, 0.15) is 5.82 Å². The van der Waals surface area contributed by atoms with E-state index in [9.17, 15) is 4.39 Å².